The highest BCUT2D eigenvalue weighted by atomic mass is 16.5. The number of benzene rings is 3. The van der Waals surface area contributed by atoms with Crippen LogP contribution in [-0.2, 0) is 42.4 Å². The van der Waals surface area contributed by atoms with Crippen molar-refractivity contribution in [2.24, 2.45) is 23.3 Å². The molecule has 3 amide bonds. The number of fused-ring (bicyclic) bond motifs is 6. The topological polar surface area (TPSA) is 125 Å². The maximum atomic E-state index is 12.8. The molecule has 0 radical (unpaired) electrons. The standard InChI is InChI=1S/C26H42N2O2.C25H36N4O.C25H38N2O2.2H2/c1-6-28(24(29)12-20-30-5)23-11-13-26(22-10-8-7-9-21(22)23)15-18-27(19-16-26)17-14-25(2,3)4;1-24(2,3)11-14-29-15-12-25(13-16-29)10-9-21(19-7-5-6-8-20(19)25)27-23(30)22-17-26-18-28(22)4;1-24(2,3)12-15-27-16-13-25(14-17-27)11-10-21(19-7-4-5-8-20(19)25)26-23(28)22-9-6-18-29-22;;/h7-10,23H,6,11-20H2,1-5H3;5-8,17-18,21H,9-16H2,1-4H3,(H,27,30);4-5,7-8,21-22H,6,9-18H2,1-3H3,(H,26,28);2*1H/t23-;21-;21-,22?;;/m001../s1. The molecule has 494 valence electrons. The second-order valence-corrected chi connectivity index (χ2v) is 31.6. The number of likely N-dealkylation sites (tertiary alicyclic amines) is 3. The summed E-state index contributed by atoms with van der Waals surface area (Å²) in [6.07, 6.45) is 23.2. The van der Waals surface area contributed by atoms with Crippen molar-refractivity contribution in [2.75, 3.05) is 85.8 Å². The average Bonchev–Trinajstić information content (AvgIpc) is 0.959. The van der Waals surface area contributed by atoms with Crippen LogP contribution in [0.5, 0.6) is 0 Å². The smallest absolute Gasteiger partial charge is 0.270 e. The van der Waals surface area contributed by atoms with Crippen LogP contribution in [0, 0.1) is 16.2 Å². The van der Waals surface area contributed by atoms with Crippen molar-refractivity contribution in [1.82, 2.24) is 39.8 Å². The van der Waals surface area contributed by atoms with Crippen LogP contribution in [0.25, 0.3) is 0 Å². The van der Waals surface area contributed by atoms with Gasteiger partial charge in [0, 0.05) is 30.2 Å². The minimum Gasteiger partial charge on any atom is -0.384 e. The second-order valence-electron chi connectivity index (χ2n) is 31.6. The van der Waals surface area contributed by atoms with Crippen LogP contribution < -0.4 is 10.6 Å². The maximum absolute atomic E-state index is 12.8. The van der Waals surface area contributed by atoms with E-state index in [-0.39, 0.29) is 50.2 Å². The highest BCUT2D eigenvalue weighted by molar-refractivity contribution is 5.92. The van der Waals surface area contributed by atoms with Gasteiger partial charge in [0.2, 0.25) is 11.8 Å². The molecule has 13 heteroatoms. The lowest BCUT2D eigenvalue weighted by molar-refractivity contribution is -0.135. The second kappa shape index (κ2) is 29.8. The molecule has 7 aliphatic rings. The number of carbonyl (C=O) groups excluding carboxylic acids is 3. The molecule has 2 N–H and O–H groups in total. The molecule has 0 saturated carbocycles. The van der Waals surface area contributed by atoms with E-state index in [4.69, 9.17) is 9.47 Å². The highest BCUT2D eigenvalue weighted by Gasteiger charge is 2.46. The Hall–Kier alpha value is -4.92. The van der Waals surface area contributed by atoms with Gasteiger partial charge in [0.1, 0.15) is 11.8 Å². The highest BCUT2D eigenvalue weighted by Crippen LogP contribution is 2.52. The summed E-state index contributed by atoms with van der Waals surface area (Å²) in [7, 11) is 3.52. The summed E-state index contributed by atoms with van der Waals surface area (Å²) in [5.41, 5.74) is 11.2. The number of carbonyl (C=O) groups is 3. The molecule has 11 rings (SSSR count). The molecule has 4 atom stereocenters. The number of hydrogen-bond donors (Lipinski definition) is 2. The van der Waals surface area contributed by atoms with Crippen LogP contribution >= 0.6 is 0 Å². The van der Waals surface area contributed by atoms with Crippen molar-refractivity contribution in [3.8, 4) is 0 Å². The van der Waals surface area contributed by atoms with Gasteiger partial charge in [-0.2, -0.15) is 0 Å². The summed E-state index contributed by atoms with van der Waals surface area (Å²) < 4.78 is 12.5. The molecule has 3 aromatic carbocycles. The third kappa shape index (κ3) is 17.4. The number of imidazole rings is 1. The molecule has 1 unspecified atom stereocenters. The molecular formula is C76H120N8O5. The quantitative estimate of drug-likeness (QED) is 0.120. The van der Waals surface area contributed by atoms with Crippen molar-refractivity contribution in [2.45, 2.75) is 225 Å². The van der Waals surface area contributed by atoms with Crippen LogP contribution in [0.1, 0.15) is 250 Å². The Morgan fingerprint density at radius 2 is 1.03 bits per heavy atom. The summed E-state index contributed by atoms with van der Waals surface area (Å²) in [4.78, 5) is 52.4. The van der Waals surface area contributed by atoms with Crippen LogP contribution in [0.15, 0.2) is 85.3 Å². The molecule has 4 aliphatic heterocycles. The number of nitrogens with zero attached hydrogens (tertiary/aromatic N) is 6. The minimum atomic E-state index is -0.246. The summed E-state index contributed by atoms with van der Waals surface area (Å²) >= 11 is 0. The van der Waals surface area contributed by atoms with Crippen LogP contribution in [0.2, 0.25) is 0 Å². The summed E-state index contributed by atoms with van der Waals surface area (Å²) in [6.45, 7) is 35.8. The molecule has 0 bridgehead atoms. The average molecular weight is 1230 g/mol. The first kappa shape index (κ1) is 68.4. The van der Waals surface area contributed by atoms with Crippen LogP contribution in [-0.4, -0.2) is 139 Å². The fraction of sp³-hybridized carbons (Fsp3) is 0.684. The van der Waals surface area contributed by atoms with Gasteiger partial charge in [-0.15, -0.1) is 0 Å². The Labute approximate surface area is 540 Å². The van der Waals surface area contributed by atoms with Gasteiger partial charge in [0.25, 0.3) is 5.91 Å². The van der Waals surface area contributed by atoms with Crippen molar-refractivity contribution in [3.05, 3.63) is 124 Å². The molecule has 3 spiro atoms. The van der Waals surface area contributed by atoms with Crippen LogP contribution in [0.4, 0.5) is 0 Å². The van der Waals surface area contributed by atoms with E-state index in [1.54, 1.807) is 24.2 Å². The number of rotatable bonds is 15. The van der Waals surface area contributed by atoms with Gasteiger partial charge in [-0.1, -0.05) is 135 Å². The van der Waals surface area contributed by atoms with Gasteiger partial charge in [-0.05, 0) is 241 Å². The Balaban J connectivity index is 0.000000192. The first-order valence-electron chi connectivity index (χ1n) is 34.9. The molecular weight excluding hydrogens is 1100 g/mol. The number of piperidine rings is 3. The van der Waals surface area contributed by atoms with Crippen molar-refractivity contribution in [1.29, 1.82) is 0 Å². The third-order valence-corrected chi connectivity index (χ3v) is 21.8. The number of amides is 3. The van der Waals surface area contributed by atoms with E-state index >= 15 is 0 Å². The zero-order chi connectivity index (χ0) is 63.6. The van der Waals surface area contributed by atoms with Crippen molar-refractivity contribution < 1.29 is 26.7 Å². The molecule has 1 aromatic heterocycles. The first-order chi connectivity index (χ1) is 42.4. The monoisotopic (exact) mass is 1220 g/mol. The van der Waals surface area contributed by atoms with Gasteiger partial charge in [0.15, 0.2) is 0 Å². The lowest BCUT2D eigenvalue weighted by Gasteiger charge is -2.49. The van der Waals surface area contributed by atoms with Gasteiger partial charge < -0.3 is 44.3 Å². The summed E-state index contributed by atoms with van der Waals surface area (Å²) in [5.74, 6) is 0.255. The normalized spacial score (nSPS) is 23.2. The Morgan fingerprint density at radius 3 is 1.44 bits per heavy atom. The van der Waals surface area contributed by atoms with Gasteiger partial charge in [-0.25, -0.2) is 4.98 Å². The molecule has 13 nitrogen and oxygen atoms in total. The van der Waals surface area contributed by atoms with E-state index in [9.17, 15) is 14.4 Å². The maximum Gasteiger partial charge on any atom is 0.270 e. The van der Waals surface area contributed by atoms with Gasteiger partial charge in [0.05, 0.1) is 43.7 Å². The van der Waals surface area contributed by atoms with E-state index in [0.29, 0.717) is 52.4 Å². The van der Waals surface area contributed by atoms with E-state index in [1.165, 1.54) is 163 Å². The SMILES string of the molecule is CC(C)(C)CCN1CCC2(CC[C@@H](NC(=O)C3CCCO3)c3ccccc32)CC1.CCN(C(=O)CCOC)[C@H]1CCC2(CCN(CCC(C)(C)C)CC2)c2ccccc21.Cn1cncc1C(=O)N[C@H]1CCC2(CCN(CCC(C)(C)C)CC2)c2ccccc21.[HH].[HH]. The summed E-state index contributed by atoms with van der Waals surface area (Å²) in [6, 6.07) is 27.1. The van der Waals surface area contributed by atoms with Crippen LogP contribution in [0.3, 0.4) is 0 Å². The number of aromatic nitrogens is 2. The summed E-state index contributed by atoms with van der Waals surface area (Å²) in [5, 5.41) is 6.59. The van der Waals surface area contributed by atoms with E-state index in [0.717, 1.165) is 45.1 Å². The Kier molecular flexibility index (Phi) is 22.9. The van der Waals surface area contributed by atoms with Gasteiger partial charge >= 0.3 is 0 Å². The lowest BCUT2D eigenvalue weighted by atomic mass is 9.63. The zero-order valence-corrected chi connectivity index (χ0v) is 57.3. The van der Waals surface area contributed by atoms with Gasteiger partial charge in [-0.3, -0.25) is 14.4 Å². The number of aryl methyl sites for hydroxylation is 1. The minimum absolute atomic E-state index is 0. The number of hydrogen-bond acceptors (Lipinski definition) is 9. The predicted molar refractivity (Wildman–Crippen MR) is 365 cm³/mol. The number of methoxy groups -OCH3 is 1. The molecule has 4 saturated heterocycles. The lowest BCUT2D eigenvalue weighted by Crippen LogP contribution is -2.47. The molecule has 5 heterocycles. The molecule has 89 heavy (non-hydrogen) atoms. The molecule has 4 fully saturated rings. The van der Waals surface area contributed by atoms with Crippen molar-refractivity contribution in [3.63, 3.8) is 0 Å². The first-order valence-corrected chi connectivity index (χ1v) is 34.9. The van der Waals surface area contributed by atoms with E-state index in [1.807, 2.05) is 7.05 Å². The van der Waals surface area contributed by atoms with Crippen molar-refractivity contribution >= 4 is 17.7 Å². The third-order valence-electron chi connectivity index (χ3n) is 21.8. The number of ether oxygens (including phenoxy) is 2. The Morgan fingerprint density at radius 1 is 0.607 bits per heavy atom. The van der Waals surface area contributed by atoms with E-state index in [2.05, 4.69) is 177 Å². The number of nitrogens with one attached hydrogen (secondary N) is 2. The predicted octanol–water partition coefficient (Wildman–Crippen LogP) is 14.7. The fourth-order valence-corrected chi connectivity index (χ4v) is 16.0. The molecule has 3 aliphatic carbocycles. The zero-order valence-electron chi connectivity index (χ0n) is 57.3. The Bertz CT molecular complexity index is 2930. The largest absolute Gasteiger partial charge is 0.384 e. The van der Waals surface area contributed by atoms with E-state index < -0.39 is 0 Å². The molecule has 4 aromatic rings. The fourth-order valence-electron chi connectivity index (χ4n) is 16.0.